The van der Waals surface area contributed by atoms with Crippen LogP contribution in [0, 0.1) is 17.7 Å². The Morgan fingerprint density at radius 2 is 2.18 bits per heavy atom. The molecule has 1 heterocycles. The first-order chi connectivity index (χ1) is 10.4. The summed E-state index contributed by atoms with van der Waals surface area (Å²) in [6.07, 6.45) is 0.866. The second-order valence-electron chi connectivity index (χ2n) is 5.94. The molecule has 2 N–H and O–H groups in total. The van der Waals surface area contributed by atoms with Crippen LogP contribution in [-0.2, 0) is 9.59 Å². The van der Waals surface area contributed by atoms with E-state index >= 15 is 0 Å². The van der Waals surface area contributed by atoms with Crippen LogP contribution in [0.15, 0.2) is 18.2 Å². The summed E-state index contributed by atoms with van der Waals surface area (Å²) in [5.74, 6) is -0.864. The van der Waals surface area contributed by atoms with Crippen molar-refractivity contribution in [2.75, 3.05) is 6.54 Å². The number of benzene rings is 1. The minimum absolute atomic E-state index is 0.0257. The highest BCUT2D eigenvalue weighted by Crippen LogP contribution is 2.27. The van der Waals surface area contributed by atoms with Gasteiger partial charge in [0.25, 0.3) is 0 Å². The van der Waals surface area contributed by atoms with Crippen molar-refractivity contribution in [3.8, 4) is 0 Å². The lowest BCUT2D eigenvalue weighted by atomic mass is 9.93. The molecule has 0 radical (unpaired) electrons. The van der Waals surface area contributed by atoms with Crippen LogP contribution in [0.3, 0.4) is 0 Å². The van der Waals surface area contributed by atoms with E-state index in [1.54, 1.807) is 12.1 Å². The molecule has 0 saturated carbocycles. The summed E-state index contributed by atoms with van der Waals surface area (Å²) in [6, 6.07) is 4.04. The molecule has 0 aromatic heterocycles. The lowest BCUT2D eigenvalue weighted by Crippen LogP contribution is -2.44. The Hall–Kier alpha value is -1.62. The Morgan fingerprint density at radius 1 is 1.45 bits per heavy atom. The maximum atomic E-state index is 14.1. The topological polar surface area (TPSA) is 58.2 Å². The number of carbonyl (C=O) groups is 2. The predicted octanol–water partition coefficient (Wildman–Crippen LogP) is 2.82. The molecule has 1 aliphatic heterocycles. The number of nitrogens with one attached hydrogen (secondary N) is 2. The van der Waals surface area contributed by atoms with Crippen molar-refractivity contribution in [1.29, 1.82) is 0 Å². The molecule has 0 unspecified atom stereocenters. The number of halogens is 2. The summed E-state index contributed by atoms with van der Waals surface area (Å²) >= 11 is 5.77. The average molecular weight is 327 g/mol. The van der Waals surface area contributed by atoms with Gasteiger partial charge >= 0.3 is 0 Å². The van der Waals surface area contributed by atoms with Gasteiger partial charge in [-0.25, -0.2) is 4.39 Å². The molecule has 6 heteroatoms. The maximum Gasteiger partial charge on any atom is 0.225 e. The number of rotatable bonds is 4. The summed E-state index contributed by atoms with van der Waals surface area (Å²) in [6.45, 7) is 4.17. The van der Waals surface area contributed by atoms with Gasteiger partial charge in [0, 0.05) is 23.6 Å². The molecule has 1 fully saturated rings. The molecule has 0 bridgehead atoms. The quantitative estimate of drug-likeness (QED) is 0.894. The third-order valence-electron chi connectivity index (χ3n) is 3.90. The molecule has 2 amide bonds. The van der Waals surface area contributed by atoms with Gasteiger partial charge in [-0.15, -0.1) is 0 Å². The summed E-state index contributed by atoms with van der Waals surface area (Å²) in [5.41, 5.74) is 0.424. The summed E-state index contributed by atoms with van der Waals surface area (Å²) in [4.78, 5) is 23.5. The zero-order chi connectivity index (χ0) is 16.3. The fourth-order valence-corrected chi connectivity index (χ4v) is 2.74. The third-order valence-corrected chi connectivity index (χ3v) is 4.13. The van der Waals surface area contributed by atoms with Gasteiger partial charge in [-0.1, -0.05) is 31.5 Å². The zero-order valence-electron chi connectivity index (χ0n) is 12.7. The van der Waals surface area contributed by atoms with Crippen molar-refractivity contribution in [1.82, 2.24) is 10.6 Å². The van der Waals surface area contributed by atoms with Gasteiger partial charge in [-0.2, -0.15) is 0 Å². The van der Waals surface area contributed by atoms with Gasteiger partial charge in [0.1, 0.15) is 5.82 Å². The van der Waals surface area contributed by atoms with Crippen LogP contribution in [0.2, 0.25) is 5.02 Å². The van der Waals surface area contributed by atoms with E-state index in [-0.39, 0.29) is 23.7 Å². The smallest absolute Gasteiger partial charge is 0.225 e. The molecule has 120 valence electrons. The van der Waals surface area contributed by atoms with Crippen LogP contribution in [0.25, 0.3) is 0 Å². The Balaban J connectivity index is 2.12. The predicted molar refractivity (Wildman–Crippen MR) is 82.9 cm³/mol. The lowest BCUT2D eigenvalue weighted by molar-refractivity contribution is -0.129. The van der Waals surface area contributed by atoms with Gasteiger partial charge in [0.05, 0.1) is 12.0 Å². The van der Waals surface area contributed by atoms with Crippen molar-refractivity contribution in [2.45, 2.75) is 32.7 Å². The normalized spacial score (nSPS) is 19.7. The van der Waals surface area contributed by atoms with Crippen LogP contribution in [0.4, 0.5) is 4.39 Å². The standard InChI is InChI=1S/C16H20ClFN2O2/c1-9(2)15(12-5-4-11(17)7-13(12)18)20-16(22)10-3-6-14(21)19-8-10/h4-5,7,9-10,15H,3,6,8H2,1-2H3,(H,19,21)(H,20,22)/t10-,15-/m1/s1. The van der Waals surface area contributed by atoms with Gasteiger partial charge in [-0.3, -0.25) is 9.59 Å². The Bertz CT molecular complexity index is 567. The van der Waals surface area contributed by atoms with E-state index in [0.29, 0.717) is 30.0 Å². The highest BCUT2D eigenvalue weighted by atomic mass is 35.5. The zero-order valence-corrected chi connectivity index (χ0v) is 13.4. The summed E-state index contributed by atoms with van der Waals surface area (Å²) in [7, 11) is 0. The number of carbonyl (C=O) groups excluding carboxylic acids is 2. The summed E-state index contributed by atoms with van der Waals surface area (Å²) in [5, 5.41) is 5.91. The van der Waals surface area contributed by atoms with Gasteiger partial charge in [0.15, 0.2) is 0 Å². The number of amides is 2. The monoisotopic (exact) mass is 326 g/mol. The lowest BCUT2D eigenvalue weighted by Gasteiger charge is -2.28. The molecular formula is C16H20ClFN2O2. The molecule has 0 spiro atoms. The van der Waals surface area contributed by atoms with Crippen LogP contribution < -0.4 is 10.6 Å². The maximum absolute atomic E-state index is 14.1. The van der Waals surface area contributed by atoms with E-state index in [2.05, 4.69) is 10.6 Å². The number of hydrogen-bond donors (Lipinski definition) is 2. The van der Waals surface area contributed by atoms with Crippen molar-refractivity contribution < 1.29 is 14.0 Å². The Labute approximate surface area is 134 Å². The molecule has 2 rings (SSSR count). The molecule has 2 atom stereocenters. The number of piperidine rings is 1. The van der Waals surface area contributed by atoms with Gasteiger partial charge in [-0.05, 0) is 24.5 Å². The van der Waals surface area contributed by atoms with Crippen molar-refractivity contribution in [3.05, 3.63) is 34.6 Å². The van der Waals surface area contributed by atoms with Crippen molar-refractivity contribution in [3.63, 3.8) is 0 Å². The van der Waals surface area contributed by atoms with E-state index < -0.39 is 11.9 Å². The fourth-order valence-electron chi connectivity index (χ4n) is 2.58. The van der Waals surface area contributed by atoms with Gasteiger partial charge < -0.3 is 10.6 Å². The molecule has 1 aromatic carbocycles. The van der Waals surface area contributed by atoms with E-state index in [1.807, 2.05) is 13.8 Å². The highest BCUT2D eigenvalue weighted by Gasteiger charge is 2.28. The molecule has 22 heavy (non-hydrogen) atoms. The summed E-state index contributed by atoms with van der Waals surface area (Å²) < 4.78 is 14.1. The first-order valence-corrected chi connectivity index (χ1v) is 7.78. The second-order valence-corrected chi connectivity index (χ2v) is 6.37. The van der Waals surface area contributed by atoms with Crippen LogP contribution in [-0.4, -0.2) is 18.4 Å². The van der Waals surface area contributed by atoms with Crippen molar-refractivity contribution >= 4 is 23.4 Å². The highest BCUT2D eigenvalue weighted by molar-refractivity contribution is 6.30. The first-order valence-electron chi connectivity index (χ1n) is 7.40. The Morgan fingerprint density at radius 3 is 2.73 bits per heavy atom. The molecule has 1 aliphatic rings. The molecule has 1 aromatic rings. The van der Waals surface area contributed by atoms with Crippen LogP contribution in [0.1, 0.15) is 38.3 Å². The SMILES string of the molecule is CC(C)[C@@H](NC(=O)[C@@H]1CCC(=O)NC1)c1ccc(Cl)cc1F. The molecule has 0 aliphatic carbocycles. The average Bonchev–Trinajstić information content (AvgIpc) is 2.45. The van der Waals surface area contributed by atoms with Crippen molar-refractivity contribution in [2.24, 2.45) is 11.8 Å². The molecule has 1 saturated heterocycles. The third kappa shape index (κ3) is 3.97. The Kier molecular flexibility index (Phi) is 5.40. The fraction of sp³-hybridized carbons (Fsp3) is 0.500. The van der Waals surface area contributed by atoms with Gasteiger partial charge in [0.2, 0.25) is 11.8 Å². The molecular weight excluding hydrogens is 307 g/mol. The van der Waals surface area contributed by atoms with E-state index in [1.165, 1.54) is 6.07 Å². The van der Waals surface area contributed by atoms with E-state index in [0.717, 1.165) is 0 Å². The largest absolute Gasteiger partial charge is 0.355 e. The minimum atomic E-state index is -0.428. The second kappa shape index (κ2) is 7.09. The van der Waals surface area contributed by atoms with Crippen LogP contribution in [0.5, 0.6) is 0 Å². The molecule has 4 nitrogen and oxygen atoms in total. The number of hydrogen-bond acceptors (Lipinski definition) is 2. The minimum Gasteiger partial charge on any atom is -0.355 e. The first kappa shape index (κ1) is 16.7. The van der Waals surface area contributed by atoms with E-state index in [9.17, 15) is 14.0 Å². The van der Waals surface area contributed by atoms with E-state index in [4.69, 9.17) is 11.6 Å². The van der Waals surface area contributed by atoms with Crippen LogP contribution >= 0.6 is 11.6 Å².